The number of benzene rings is 2. The van der Waals surface area contributed by atoms with Gasteiger partial charge in [-0.05, 0) is 30.7 Å². The molecule has 2 aromatic carbocycles. The van der Waals surface area contributed by atoms with Crippen LogP contribution in [0.5, 0.6) is 5.75 Å². The van der Waals surface area contributed by atoms with E-state index in [0.29, 0.717) is 11.7 Å². The first kappa shape index (κ1) is 17.8. The maximum atomic E-state index is 12.4. The molecular formula is C18H17N3O4S. The van der Waals surface area contributed by atoms with E-state index in [0.717, 1.165) is 28.8 Å². The third-order valence-electron chi connectivity index (χ3n) is 3.69. The third-order valence-corrected chi connectivity index (χ3v) is 4.63. The number of nitrogens with zero attached hydrogens (tertiary/aromatic N) is 2. The number of nitro benzene ring substituents is 1. The van der Waals surface area contributed by atoms with Crippen LogP contribution >= 0.6 is 11.3 Å². The van der Waals surface area contributed by atoms with Gasteiger partial charge in [-0.1, -0.05) is 36.8 Å². The van der Waals surface area contributed by atoms with Crippen LogP contribution in [0.1, 0.15) is 30.1 Å². The zero-order valence-corrected chi connectivity index (χ0v) is 14.9. The van der Waals surface area contributed by atoms with Crippen molar-refractivity contribution in [2.75, 3.05) is 11.9 Å². The van der Waals surface area contributed by atoms with Crippen LogP contribution in [0.4, 0.5) is 10.8 Å². The average Bonchev–Trinajstić information content (AvgIpc) is 3.03. The Labute approximate surface area is 153 Å². The highest BCUT2D eigenvalue weighted by atomic mass is 32.1. The van der Waals surface area contributed by atoms with Gasteiger partial charge in [0.25, 0.3) is 11.6 Å². The number of thiazole rings is 1. The number of nitrogens with one attached hydrogen (secondary N) is 1. The molecule has 7 nitrogen and oxygen atoms in total. The molecule has 0 aliphatic carbocycles. The highest BCUT2D eigenvalue weighted by molar-refractivity contribution is 7.22. The number of rotatable bonds is 7. The first-order valence-corrected chi connectivity index (χ1v) is 8.98. The van der Waals surface area contributed by atoms with Gasteiger partial charge in [-0.3, -0.25) is 20.2 Å². The van der Waals surface area contributed by atoms with E-state index in [4.69, 9.17) is 4.74 Å². The van der Waals surface area contributed by atoms with Gasteiger partial charge in [0, 0.05) is 6.07 Å². The summed E-state index contributed by atoms with van der Waals surface area (Å²) >= 11 is 1.29. The van der Waals surface area contributed by atoms with Gasteiger partial charge in [-0.15, -0.1) is 0 Å². The fraction of sp³-hybridized carbons (Fsp3) is 0.222. The number of anilines is 1. The molecule has 0 aliphatic rings. The second kappa shape index (κ2) is 7.92. The molecule has 0 spiro atoms. The van der Waals surface area contributed by atoms with Gasteiger partial charge < -0.3 is 4.74 Å². The van der Waals surface area contributed by atoms with Gasteiger partial charge in [0.1, 0.15) is 11.3 Å². The summed E-state index contributed by atoms with van der Waals surface area (Å²) in [4.78, 5) is 27.2. The number of unbranched alkanes of at least 4 members (excludes halogenated alkanes) is 1. The number of para-hydroxylation sites is 1. The number of fused-ring (bicyclic) bond motifs is 1. The summed E-state index contributed by atoms with van der Waals surface area (Å²) in [6.07, 6.45) is 2.04. The second-order valence-electron chi connectivity index (χ2n) is 5.58. The highest BCUT2D eigenvalue weighted by Gasteiger charge is 2.20. The summed E-state index contributed by atoms with van der Waals surface area (Å²) in [5.74, 6) is 0.196. The van der Waals surface area contributed by atoms with E-state index in [1.165, 1.54) is 29.5 Å². The van der Waals surface area contributed by atoms with Crippen LogP contribution in [-0.4, -0.2) is 22.4 Å². The van der Waals surface area contributed by atoms with Crippen LogP contribution in [0.2, 0.25) is 0 Å². The Kier molecular flexibility index (Phi) is 5.43. The lowest BCUT2D eigenvalue weighted by Crippen LogP contribution is -2.13. The van der Waals surface area contributed by atoms with Crippen molar-refractivity contribution in [3.63, 3.8) is 0 Å². The second-order valence-corrected chi connectivity index (χ2v) is 6.61. The maximum Gasteiger partial charge on any atom is 0.282 e. The predicted octanol–water partition coefficient (Wildman–Crippen LogP) is 4.64. The number of hydrogen-bond acceptors (Lipinski definition) is 6. The van der Waals surface area contributed by atoms with Crippen molar-refractivity contribution in [1.82, 2.24) is 4.98 Å². The van der Waals surface area contributed by atoms with E-state index in [2.05, 4.69) is 17.2 Å². The number of nitro groups is 1. The SMILES string of the molecule is CCCCOc1ccc2nc(NC(=O)c3ccccc3[N+](=O)[O-])sc2c1. The lowest BCUT2D eigenvalue weighted by atomic mass is 10.1. The summed E-state index contributed by atoms with van der Waals surface area (Å²) in [5, 5.41) is 14.1. The monoisotopic (exact) mass is 371 g/mol. The van der Waals surface area contributed by atoms with Crippen molar-refractivity contribution in [2.24, 2.45) is 0 Å². The van der Waals surface area contributed by atoms with E-state index in [1.807, 2.05) is 18.2 Å². The number of aromatic nitrogens is 1. The molecule has 1 amide bonds. The number of carbonyl (C=O) groups excluding carboxylic acids is 1. The first-order chi connectivity index (χ1) is 12.6. The van der Waals surface area contributed by atoms with E-state index in [-0.39, 0.29) is 11.3 Å². The lowest BCUT2D eigenvalue weighted by Gasteiger charge is -2.04. The minimum atomic E-state index is -0.576. The lowest BCUT2D eigenvalue weighted by molar-refractivity contribution is -0.385. The molecule has 1 aromatic heterocycles. The molecular weight excluding hydrogens is 354 g/mol. The maximum absolute atomic E-state index is 12.4. The minimum absolute atomic E-state index is 0.000319. The number of ether oxygens (including phenoxy) is 1. The van der Waals surface area contributed by atoms with Crippen molar-refractivity contribution in [1.29, 1.82) is 0 Å². The normalized spacial score (nSPS) is 10.7. The van der Waals surface area contributed by atoms with Crippen LogP contribution in [0.25, 0.3) is 10.2 Å². The summed E-state index contributed by atoms with van der Waals surface area (Å²) in [6, 6.07) is 11.4. The summed E-state index contributed by atoms with van der Waals surface area (Å²) in [6.45, 7) is 2.75. The molecule has 1 N–H and O–H groups in total. The van der Waals surface area contributed by atoms with E-state index in [1.54, 1.807) is 6.07 Å². The Morgan fingerprint density at radius 1 is 1.31 bits per heavy atom. The molecule has 0 unspecified atom stereocenters. The molecule has 0 fully saturated rings. The molecule has 134 valence electrons. The van der Waals surface area contributed by atoms with Gasteiger partial charge in [-0.25, -0.2) is 4.98 Å². The zero-order chi connectivity index (χ0) is 18.5. The first-order valence-electron chi connectivity index (χ1n) is 8.16. The van der Waals surface area contributed by atoms with Gasteiger partial charge in [0.05, 0.1) is 21.7 Å². The smallest absolute Gasteiger partial charge is 0.282 e. The van der Waals surface area contributed by atoms with Crippen LogP contribution in [0.15, 0.2) is 42.5 Å². The Bertz CT molecular complexity index is 955. The molecule has 8 heteroatoms. The highest BCUT2D eigenvalue weighted by Crippen LogP contribution is 2.30. The van der Waals surface area contributed by atoms with Crippen LogP contribution < -0.4 is 10.1 Å². The van der Waals surface area contributed by atoms with Crippen molar-refractivity contribution in [3.8, 4) is 5.75 Å². The largest absolute Gasteiger partial charge is 0.494 e. The van der Waals surface area contributed by atoms with E-state index in [9.17, 15) is 14.9 Å². The number of hydrogen-bond donors (Lipinski definition) is 1. The standard InChI is InChI=1S/C18H17N3O4S/c1-2-3-10-25-12-8-9-14-16(11-12)26-18(19-14)20-17(22)13-6-4-5-7-15(13)21(23)24/h4-9,11H,2-3,10H2,1H3,(H,19,20,22). The van der Waals surface area contributed by atoms with Crippen LogP contribution in [0.3, 0.4) is 0 Å². The average molecular weight is 371 g/mol. The van der Waals surface area contributed by atoms with Crippen molar-refractivity contribution >= 4 is 38.3 Å². The van der Waals surface area contributed by atoms with Gasteiger partial charge in [0.2, 0.25) is 0 Å². The van der Waals surface area contributed by atoms with Crippen molar-refractivity contribution in [3.05, 3.63) is 58.1 Å². The zero-order valence-electron chi connectivity index (χ0n) is 14.1. The molecule has 0 aliphatic heterocycles. The number of carbonyl (C=O) groups is 1. The molecule has 0 saturated heterocycles. The van der Waals surface area contributed by atoms with E-state index < -0.39 is 10.8 Å². The molecule has 3 rings (SSSR count). The molecule has 3 aromatic rings. The summed E-state index contributed by atoms with van der Waals surface area (Å²) in [5.41, 5.74) is 0.494. The predicted molar refractivity (Wildman–Crippen MR) is 101 cm³/mol. The fourth-order valence-electron chi connectivity index (χ4n) is 2.37. The van der Waals surface area contributed by atoms with Gasteiger partial charge in [-0.2, -0.15) is 0 Å². The van der Waals surface area contributed by atoms with Crippen LogP contribution in [0, 0.1) is 10.1 Å². The quantitative estimate of drug-likeness (QED) is 0.371. The third kappa shape index (κ3) is 3.97. The van der Waals surface area contributed by atoms with Gasteiger partial charge >= 0.3 is 0 Å². The molecule has 26 heavy (non-hydrogen) atoms. The number of amides is 1. The summed E-state index contributed by atoms with van der Waals surface area (Å²) in [7, 11) is 0. The topological polar surface area (TPSA) is 94.4 Å². The molecule has 0 bridgehead atoms. The molecule has 0 radical (unpaired) electrons. The summed E-state index contributed by atoms with van der Waals surface area (Å²) < 4.78 is 6.54. The Hall–Kier alpha value is -3.00. The minimum Gasteiger partial charge on any atom is -0.494 e. The Balaban J connectivity index is 1.79. The van der Waals surface area contributed by atoms with Crippen molar-refractivity contribution < 1.29 is 14.5 Å². The molecule has 0 saturated carbocycles. The van der Waals surface area contributed by atoms with E-state index >= 15 is 0 Å². The van der Waals surface area contributed by atoms with Crippen LogP contribution in [-0.2, 0) is 0 Å². The fourth-order valence-corrected chi connectivity index (χ4v) is 3.26. The molecule has 0 atom stereocenters. The van der Waals surface area contributed by atoms with Gasteiger partial charge in [0.15, 0.2) is 5.13 Å². The Morgan fingerprint density at radius 3 is 2.88 bits per heavy atom. The van der Waals surface area contributed by atoms with Crippen molar-refractivity contribution in [2.45, 2.75) is 19.8 Å². The Morgan fingerprint density at radius 2 is 2.12 bits per heavy atom. The molecule has 1 heterocycles.